The van der Waals surface area contributed by atoms with Crippen LogP contribution in [0.2, 0.25) is 0 Å². The Bertz CT molecular complexity index is 400. The molecule has 0 saturated heterocycles. The number of carboxylic acid groups (broad SMARTS) is 1. The van der Waals surface area contributed by atoms with Gasteiger partial charge in [-0.3, -0.25) is 4.79 Å². The maximum Gasteiger partial charge on any atom is 0.326 e. The molecule has 1 rings (SSSR count). The van der Waals surface area contributed by atoms with Crippen molar-refractivity contribution in [1.82, 2.24) is 10.5 Å². The lowest BCUT2D eigenvalue weighted by Crippen LogP contribution is -2.40. The van der Waals surface area contributed by atoms with Crippen molar-refractivity contribution in [2.75, 3.05) is 0 Å². The molecule has 0 bridgehead atoms. The van der Waals surface area contributed by atoms with E-state index in [0.717, 1.165) is 12.8 Å². The molecule has 1 atom stereocenters. The number of amides is 1. The molecule has 0 aliphatic rings. The van der Waals surface area contributed by atoms with E-state index in [1.165, 1.54) is 6.20 Å². The Morgan fingerprint density at radius 1 is 1.59 bits per heavy atom. The summed E-state index contributed by atoms with van der Waals surface area (Å²) in [5.74, 6) is -1.51. The molecule has 17 heavy (non-hydrogen) atoms. The van der Waals surface area contributed by atoms with Gasteiger partial charge in [-0.1, -0.05) is 24.9 Å². The molecule has 0 radical (unpaired) electrons. The molecular weight excluding hydrogens is 224 g/mol. The third-order valence-electron chi connectivity index (χ3n) is 2.40. The number of unbranched alkanes of at least 4 members (excludes halogenated alkanes) is 1. The van der Waals surface area contributed by atoms with E-state index in [2.05, 4.69) is 10.5 Å². The molecule has 6 nitrogen and oxygen atoms in total. The van der Waals surface area contributed by atoms with Crippen LogP contribution in [0.4, 0.5) is 0 Å². The van der Waals surface area contributed by atoms with E-state index in [-0.39, 0.29) is 5.76 Å². The number of aliphatic carboxylic acids is 1. The Kier molecular flexibility index (Phi) is 4.68. The smallest absolute Gasteiger partial charge is 0.326 e. The largest absolute Gasteiger partial charge is 0.480 e. The van der Waals surface area contributed by atoms with E-state index < -0.39 is 17.9 Å². The van der Waals surface area contributed by atoms with Crippen LogP contribution in [0, 0.1) is 6.92 Å². The van der Waals surface area contributed by atoms with Gasteiger partial charge in [0.2, 0.25) is 5.76 Å². The van der Waals surface area contributed by atoms with Gasteiger partial charge < -0.3 is 14.9 Å². The van der Waals surface area contributed by atoms with Crippen LogP contribution >= 0.6 is 0 Å². The minimum absolute atomic E-state index is 0.0627. The second kappa shape index (κ2) is 6.03. The monoisotopic (exact) mass is 240 g/mol. The average molecular weight is 240 g/mol. The number of carbonyl (C=O) groups is 2. The first-order valence-corrected chi connectivity index (χ1v) is 5.51. The molecule has 1 aromatic heterocycles. The summed E-state index contributed by atoms with van der Waals surface area (Å²) in [6, 6.07) is -0.882. The number of aromatic nitrogens is 1. The van der Waals surface area contributed by atoms with Crippen molar-refractivity contribution in [2.45, 2.75) is 39.2 Å². The SMILES string of the molecule is CCCC[C@H](NC(=O)c1oncc1C)C(=O)O. The second-order valence-electron chi connectivity index (χ2n) is 3.84. The van der Waals surface area contributed by atoms with Gasteiger partial charge in [0, 0.05) is 5.56 Å². The van der Waals surface area contributed by atoms with Crippen molar-refractivity contribution in [3.63, 3.8) is 0 Å². The van der Waals surface area contributed by atoms with Crippen LogP contribution in [0.1, 0.15) is 42.3 Å². The van der Waals surface area contributed by atoms with Crippen molar-refractivity contribution in [3.8, 4) is 0 Å². The van der Waals surface area contributed by atoms with Crippen LogP contribution in [0.25, 0.3) is 0 Å². The molecule has 0 aromatic carbocycles. The predicted octanol–water partition coefficient (Wildman–Crippen LogP) is 1.36. The number of hydrogen-bond donors (Lipinski definition) is 2. The Labute approximate surface area is 99.0 Å². The van der Waals surface area contributed by atoms with Crippen LogP contribution in [0.15, 0.2) is 10.7 Å². The Morgan fingerprint density at radius 2 is 2.29 bits per heavy atom. The van der Waals surface area contributed by atoms with E-state index >= 15 is 0 Å². The number of carbonyl (C=O) groups excluding carboxylic acids is 1. The van der Waals surface area contributed by atoms with Gasteiger partial charge in [-0.2, -0.15) is 0 Å². The van der Waals surface area contributed by atoms with Gasteiger partial charge in [-0.25, -0.2) is 4.79 Å². The Morgan fingerprint density at radius 3 is 2.76 bits per heavy atom. The zero-order valence-electron chi connectivity index (χ0n) is 9.90. The molecular formula is C11H16N2O4. The zero-order valence-corrected chi connectivity index (χ0v) is 9.90. The summed E-state index contributed by atoms with van der Waals surface area (Å²) in [7, 11) is 0. The normalized spacial score (nSPS) is 12.1. The van der Waals surface area contributed by atoms with Gasteiger partial charge in [0.1, 0.15) is 6.04 Å². The fraction of sp³-hybridized carbons (Fsp3) is 0.545. The zero-order chi connectivity index (χ0) is 12.8. The van der Waals surface area contributed by atoms with E-state index in [4.69, 9.17) is 9.63 Å². The molecule has 0 aliphatic carbocycles. The number of aryl methyl sites for hydroxylation is 1. The lowest BCUT2D eigenvalue weighted by atomic mass is 10.1. The molecule has 2 N–H and O–H groups in total. The topological polar surface area (TPSA) is 92.4 Å². The molecule has 0 aliphatic heterocycles. The summed E-state index contributed by atoms with van der Waals surface area (Å²) in [5, 5.41) is 14.9. The van der Waals surface area contributed by atoms with Crippen LogP contribution in [0.3, 0.4) is 0 Å². The van der Waals surface area contributed by atoms with Gasteiger partial charge in [-0.15, -0.1) is 0 Å². The third-order valence-corrected chi connectivity index (χ3v) is 2.40. The molecule has 1 amide bonds. The first kappa shape index (κ1) is 13.2. The minimum atomic E-state index is -1.04. The molecule has 0 saturated carbocycles. The van der Waals surface area contributed by atoms with Crippen LogP contribution in [-0.4, -0.2) is 28.2 Å². The summed E-state index contributed by atoms with van der Waals surface area (Å²) >= 11 is 0. The number of carboxylic acids is 1. The summed E-state index contributed by atoms with van der Waals surface area (Å²) in [4.78, 5) is 22.6. The number of nitrogens with one attached hydrogen (secondary N) is 1. The highest BCUT2D eigenvalue weighted by molar-refractivity contribution is 5.95. The maximum atomic E-state index is 11.7. The highest BCUT2D eigenvalue weighted by Crippen LogP contribution is 2.07. The molecule has 94 valence electrons. The second-order valence-corrected chi connectivity index (χ2v) is 3.84. The van der Waals surface area contributed by atoms with Crippen LogP contribution in [-0.2, 0) is 4.79 Å². The van der Waals surface area contributed by atoms with Crippen molar-refractivity contribution < 1.29 is 19.2 Å². The van der Waals surface area contributed by atoms with E-state index in [1.54, 1.807) is 6.92 Å². The molecule has 1 aromatic rings. The highest BCUT2D eigenvalue weighted by atomic mass is 16.5. The van der Waals surface area contributed by atoms with Gasteiger partial charge in [0.15, 0.2) is 0 Å². The lowest BCUT2D eigenvalue weighted by molar-refractivity contribution is -0.139. The summed E-state index contributed by atoms with van der Waals surface area (Å²) in [6.45, 7) is 3.63. The van der Waals surface area contributed by atoms with E-state index in [1.807, 2.05) is 6.92 Å². The molecule has 0 fully saturated rings. The minimum Gasteiger partial charge on any atom is -0.480 e. The third kappa shape index (κ3) is 3.58. The summed E-state index contributed by atoms with van der Waals surface area (Å²) in [6.07, 6.45) is 3.44. The maximum absolute atomic E-state index is 11.7. The fourth-order valence-electron chi connectivity index (χ4n) is 1.40. The average Bonchev–Trinajstić information content (AvgIpc) is 2.70. The quantitative estimate of drug-likeness (QED) is 0.783. The number of hydrogen-bond acceptors (Lipinski definition) is 4. The van der Waals surface area contributed by atoms with Gasteiger partial charge in [0.05, 0.1) is 6.20 Å². The van der Waals surface area contributed by atoms with Crippen molar-refractivity contribution in [3.05, 3.63) is 17.5 Å². The first-order valence-electron chi connectivity index (χ1n) is 5.51. The van der Waals surface area contributed by atoms with Crippen molar-refractivity contribution in [1.29, 1.82) is 0 Å². The first-order chi connectivity index (χ1) is 8.06. The van der Waals surface area contributed by atoms with E-state index in [9.17, 15) is 9.59 Å². The fourth-order valence-corrected chi connectivity index (χ4v) is 1.40. The summed E-state index contributed by atoms with van der Waals surface area (Å²) in [5.41, 5.74) is 0.585. The van der Waals surface area contributed by atoms with Gasteiger partial charge >= 0.3 is 5.97 Å². The van der Waals surface area contributed by atoms with Crippen molar-refractivity contribution in [2.24, 2.45) is 0 Å². The van der Waals surface area contributed by atoms with Crippen molar-refractivity contribution >= 4 is 11.9 Å². The highest BCUT2D eigenvalue weighted by Gasteiger charge is 2.22. The van der Waals surface area contributed by atoms with E-state index in [0.29, 0.717) is 12.0 Å². The molecule has 1 heterocycles. The van der Waals surface area contributed by atoms with Gasteiger partial charge in [0.25, 0.3) is 5.91 Å². The van der Waals surface area contributed by atoms with Crippen LogP contribution in [0.5, 0.6) is 0 Å². The number of rotatable bonds is 6. The Hall–Kier alpha value is -1.85. The lowest BCUT2D eigenvalue weighted by Gasteiger charge is -2.12. The summed E-state index contributed by atoms with van der Waals surface area (Å²) < 4.78 is 4.76. The molecule has 0 spiro atoms. The van der Waals surface area contributed by atoms with Crippen LogP contribution < -0.4 is 5.32 Å². The molecule has 6 heteroatoms. The molecule has 0 unspecified atom stereocenters. The standard InChI is InChI=1S/C11H16N2O4/c1-3-4-5-8(11(15)16)13-10(14)9-7(2)6-12-17-9/h6,8H,3-5H2,1-2H3,(H,13,14)(H,15,16)/t8-/m0/s1. The number of nitrogens with zero attached hydrogens (tertiary/aromatic N) is 1. The Balaban J connectivity index is 2.64. The van der Waals surface area contributed by atoms with Gasteiger partial charge in [-0.05, 0) is 13.3 Å². The predicted molar refractivity (Wildman–Crippen MR) is 59.7 cm³/mol.